The van der Waals surface area contributed by atoms with Crippen molar-refractivity contribution < 1.29 is 14.3 Å². The van der Waals surface area contributed by atoms with Crippen LogP contribution in [0.15, 0.2) is 53.0 Å². The van der Waals surface area contributed by atoms with Crippen LogP contribution in [0.1, 0.15) is 22.0 Å². The van der Waals surface area contributed by atoms with Crippen LogP contribution in [0.25, 0.3) is 0 Å². The summed E-state index contributed by atoms with van der Waals surface area (Å²) in [5.74, 6) is 0.592. The minimum Gasteiger partial charge on any atom is -0.496 e. The Morgan fingerprint density at radius 1 is 1.14 bits per heavy atom. The van der Waals surface area contributed by atoms with Crippen LogP contribution >= 0.6 is 15.9 Å². The molecule has 0 fully saturated rings. The summed E-state index contributed by atoms with van der Waals surface area (Å²) in [5.41, 5.74) is 1.50. The molecule has 116 valence electrons. The first kappa shape index (κ1) is 16.5. The normalized spacial score (nSPS) is 11.8. The van der Waals surface area contributed by atoms with E-state index in [0.29, 0.717) is 12.1 Å². The molecule has 4 nitrogen and oxygen atoms in total. The number of benzene rings is 2. The van der Waals surface area contributed by atoms with Gasteiger partial charge >= 0.3 is 0 Å². The molecule has 0 bridgehead atoms. The van der Waals surface area contributed by atoms with Crippen molar-refractivity contribution in [3.63, 3.8) is 0 Å². The lowest BCUT2D eigenvalue weighted by atomic mass is 10.1. The number of rotatable bonds is 6. The van der Waals surface area contributed by atoms with Crippen molar-refractivity contribution in [2.45, 2.75) is 6.10 Å². The maximum atomic E-state index is 12.2. The van der Waals surface area contributed by atoms with Gasteiger partial charge in [0.25, 0.3) is 5.91 Å². The SMILES string of the molecule is COc1ccccc1[C@H](CNC(=O)c1ccccc1Br)OC. The molecule has 2 aromatic rings. The van der Waals surface area contributed by atoms with Gasteiger partial charge in [0.2, 0.25) is 0 Å². The van der Waals surface area contributed by atoms with Crippen LogP contribution in [0, 0.1) is 0 Å². The molecular weight excluding hydrogens is 346 g/mol. The molecule has 5 heteroatoms. The minimum absolute atomic E-state index is 0.149. The number of methoxy groups -OCH3 is 2. The number of hydrogen-bond donors (Lipinski definition) is 1. The second-order valence-corrected chi connectivity index (χ2v) is 5.51. The Morgan fingerprint density at radius 2 is 1.82 bits per heavy atom. The lowest BCUT2D eigenvalue weighted by Gasteiger charge is -2.19. The minimum atomic E-state index is -0.275. The zero-order valence-corrected chi connectivity index (χ0v) is 14.1. The number of para-hydroxylation sites is 1. The quantitative estimate of drug-likeness (QED) is 0.853. The first-order valence-corrected chi connectivity index (χ1v) is 7.65. The maximum Gasteiger partial charge on any atom is 0.252 e. The van der Waals surface area contributed by atoms with E-state index in [2.05, 4.69) is 21.2 Å². The summed E-state index contributed by atoms with van der Waals surface area (Å²) in [6.45, 7) is 0.358. The van der Waals surface area contributed by atoms with Crippen LogP contribution in [0.4, 0.5) is 0 Å². The molecule has 2 aromatic carbocycles. The molecule has 0 saturated carbocycles. The molecule has 0 radical (unpaired) electrons. The van der Waals surface area contributed by atoms with E-state index >= 15 is 0 Å². The van der Waals surface area contributed by atoms with Crippen molar-refractivity contribution in [3.05, 3.63) is 64.1 Å². The number of halogens is 1. The van der Waals surface area contributed by atoms with E-state index in [4.69, 9.17) is 9.47 Å². The summed E-state index contributed by atoms with van der Waals surface area (Å²) in [5, 5.41) is 2.89. The lowest BCUT2D eigenvalue weighted by Crippen LogP contribution is -2.29. The van der Waals surface area contributed by atoms with Crippen LogP contribution in [0.2, 0.25) is 0 Å². The van der Waals surface area contributed by atoms with Crippen molar-refractivity contribution >= 4 is 21.8 Å². The van der Waals surface area contributed by atoms with Crippen molar-refractivity contribution in [1.29, 1.82) is 0 Å². The molecule has 0 aliphatic heterocycles. The molecule has 2 rings (SSSR count). The fraction of sp³-hybridized carbons (Fsp3) is 0.235. The third-order valence-electron chi connectivity index (χ3n) is 3.34. The highest BCUT2D eigenvalue weighted by molar-refractivity contribution is 9.10. The topological polar surface area (TPSA) is 47.6 Å². The molecule has 1 N–H and O–H groups in total. The van der Waals surface area contributed by atoms with Crippen molar-refractivity contribution in [3.8, 4) is 5.75 Å². The van der Waals surface area contributed by atoms with Gasteiger partial charge in [-0.05, 0) is 34.1 Å². The second-order valence-electron chi connectivity index (χ2n) is 4.66. The van der Waals surface area contributed by atoms with Crippen LogP contribution in [-0.2, 0) is 4.74 Å². The largest absolute Gasteiger partial charge is 0.496 e. The Balaban J connectivity index is 2.08. The van der Waals surface area contributed by atoms with E-state index in [9.17, 15) is 4.79 Å². The van der Waals surface area contributed by atoms with Crippen molar-refractivity contribution in [1.82, 2.24) is 5.32 Å². The molecule has 22 heavy (non-hydrogen) atoms. The summed E-state index contributed by atoms with van der Waals surface area (Å²) in [4.78, 5) is 12.2. The average Bonchev–Trinajstić information content (AvgIpc) is 2.56. The Bertz CT molecular complexity index is 645. The second kappa shape index (κ2) is 7.96. The first-order chi connectivity index (χ1) is 10.7. The Morgan fingerprint density at radius 3 is 2.50 bits per heavy atom. The molecule has 0 aliphatic rings. The van der Waals surface area contributed by atoms with E-state index in [1.165, 1.54) is 0 Å². The highest BCUT2D eigenvalue weighted by Gasteiger charge is 2.17. The summed E-state index contributed by atoms with van der Waals surface area (Å²) in [6.07, 6.45) is -0.275. The van der Waals surface area contributed by atoms with Crippen LogP contribution < -0.4 is 10.1 Å². The third-order valence-corrected chi connectivity index (χ3v) is 4.03. The van der Waals surface area contributed by atoms with Crippen LogP contribution in [0.3, 0.4) is 0 Å². The number of amides is 1. The van der Waals surface area contributed by atoms with Gasteiger partial charge in [-0.3, -0.25) is 4.79 Å². The van der Waals surface area contributed by atoms with E-state index < -0.39 is 0 Å². The fourth-order valence-electron chi connectivity index (χ4n) is 2.18. The van der Waals surface area contributed by atoms with Gasteiger partial charge in [0.15, 0.2) is 0 Å². The average molecular weight is 364 g/mol. The molecule has 0 aliphatic carbocycles. The molecule has 1 atom stereocenters. The van der Waals surface area contributed by atoms with Gasteiger partial charge in [0.05, 0.1) is 12.7 Å². The van der Waals surface area contributed by atoms with Crippen molar-refractivity contribution in [2.24, 2.45) is 0 Å². The number of carbonyl (C=O) groups is 1. The summed E-state index contributed by atoms with van der Waals surface area (Å²) in [7, 11) is 3.23. The van der Waals surface area contributed by atoms with Gasteiger partial charge in [-0.1, -0.05) is 30.3 Å². The zero-order chi connectivity index (χ0) is 15.9. The van der Waals surface area contributed by atoms with E-state index in [-0.39, 0.29) is 12.0 Å². The Hall–Kier alpha value is -1.85. The van der Waals surface area contributed by atoms with Crippen molar-refractivity contribution in [2.75, 3.05) is 20.8 Å². The molecule has 0 spiro atoms. The smallest absolute Gasteiger partial charge is 0.252 e. The molecule has 0 heterocycles. The predicted molar refractivity (Wildman–Crippen MR) is 89.2 cm³/mol. The van der Waals surface area contributed by atoms with E-state index in [1.807, 2.05) is 42.5 Å². The maximum absolute atomic E-state index is 12.2. The van der Waals surface area contributed by atoms with Gasteiger partial charge in [0.1, 0.15) is 11.9 Å². The molecular formula is C17H18BrNO3. The van der Waals surface area contributed by atoms with Gasteiger partial charge in [-0.25, -0.2) is 0 Å². The van der Waals surface area contributed by atoms with Crippen LogP contribution in [0.5, 0.6) is 5.75 Å². The van der Waals surface area contributed by atoms with Crippen LogP contribution in [-0.4, -0.2) is 26.7 Å². The first-order valence-electron chi connectivity index (χ1n) is 6.85. The lowest BCUT2D eigenvalue weighted by molar-refractivity contribution is 0.0818. The Kier molecular flexibility index (Phi) is 5.98. The Labute approximate surface area is 138 Å². The van der Waals surface area contributed by atoms with Gasteiger partial charge < -0.3 is 14.8 Å². The standard InChI is InChI=1S/C17H18BrNO3/c1-21-15-10-6-4-8-13(15)16(22-2)11-19-17(20)12-7-3-5-9-14(12)18/h3-10,16H,11H2,1-2H3,(H,19,20)/t16-/m0/s1. The fourth-order valence-corrected chi connectivity index (χ4v) is 2.64. The molecule has 1 amide bonds. The number of carbonyl (C=O) groups excluding carboxylic acids is 1. The summed E-state index contributed by atoms with van der Waals surface area (Å²) in [6, 6.07) is 14.9. The summed E-state index contributed by atoms with van der Waals surface area (Å²) >= 11 is 3.38. The number of nitrogens with one attached hydrogen (secondary N) is 1. The van der Waals surface area contributed by atoms with E-state index in [1.54, 1.807) is 20.3 Å². The number of ether oxygens (including phenoxy) is 2. The van der Waals surface area contributed by atoms with Gasteiger partial charge in [-0.15, -0.1) is 0 Å². The zero-order valence-electron chi connectivity index (χ0n) is 12.5. The monoisotopic (exact) mass is 363 g/mol. The highest BCUT2D eigenvalue weighted by Crippen LogP contribution is 2.26. The number of hydrogen-bond acceptors (Lipinski definition) is 3. The summed E-state index contributed by atoms with van der Waals surface area (Å²) < 4.78 is 11.6. The highest BCUT2D eigenvalue weighted by atomic mass is 79.9. The predicted octanol–water partition coefficient (Wildman–Crippen LogP) is 3.58. The molecule has 0 saturated heterocycles. The molecule has 0 aromatic heterocycles. The third kappa shape index (κ3) is 3.87. The molecule has 0 unspecified atom stereocenters. The van der Waals surface area contributed by atoms with Gasteiger partial charge in [0, 0.05) is 23.7 Å². The van der Waals surface area contributed by atoms with Gasteiger partial charge in [-0.2, -0.15) is 0 Å². The van der Waals surface area contributed by atoms with E-state index in [0.717, 1.165) is 15.8 Å².